The van der Waals surface area contributed by atoms with Crippen LogP contribution in [-0.2, 0) is 9.53 Å². The Morgan fingerprint density at radius 3 is 3.28 bits per heavy atom. The van der Waals surface area contributed by atoms with Gasteiger partial charge < -0.3 is 4.74 Å². The van der Waals surface area contributed by atoms with Crippen molar-refractivity contribution in [2.24, 2.45) is 11.8 Å². The fourth-order valence-corrected chi connectivity index (χ4v) is 2.78. The number of halogens is 1. The highest BCUT2D eigenvalue weighted by atomic mass is 19.1. The first-order valence-corrected chi connectivity index (χ1v) is 6.25. The van der Waals surface area contributed by atoms with E-state index in [2.05, 4.69) is 10.2 Å². The first-order valence-electron chi connectivity index (χ1n) is 6.25. The van der Waals surface area contributed by atoms with Crippen molar-refractivity contribution in [2.45, 2.75) is 25.4 Å². The summed E-state index contributed by atoms with van der Waals surface area (Å²) in [6.07, 6.45) is 4.61. The van der Waals surface area contributed by atoms with E-state index in [9.17, 15) is 9.18 Å². The summed E-state index contributed by atoms with van der Waals surface area (Å²) in [4.78, 5) is 11.6. The zero-order valence-electron chi connectivity index (χ0n) is 10.1. The molecule has 0 radical (unpaired) electrons. The second-order valence-electron chi connectivity index (χ2n) is 4.81. The van der Waals surface area contributed by atoms with Crippen LogP contribution in [0.4, 0.5) is 4.39 Å². The number of hydrogen-bond acceptors (Lipinski definition) is 3. The Hall–Kier alpha value is -1.65. The van der Waals surface area contributed by atoms with E-state index < -0.39 is 6.17 Å². The standard InChI is InChI=1S/C13H15FN2O2/c1-2-18-13(17)8-5-7(8)12-9-6-15-16-11(9)4-3-10(12)14/h3-4,6-8,10,12H,2,5H2,1H3,(H,15,16). The number of nitrogens with zero attached hydrogens (tertiary/aromatic N) is 1. The zero-order valence-corrected chi connectivity index (χ0v) is 10.1. The van der Waals surface area contributed by atoms with E-state index >= 15 is 0 Å². The number of aromatic nitrogens is 2. The van der Waals surface area contributed by atoms with E-state index in [-0.39, 0.29) is 23.7 Å². The average Bonchev–Trinajstić information content (AvgIpc) is 2.98. The van der Waals surface area contributed by atoms with Crippen LogP contribution in [0.25, 0.3) is 6.08 Å². The van der Waals surface area contributed by atoms with E-state index in [1.54, 1.807) is 19.2 Å². The topological polar surface area (TPSA) is 55.0 Å². The van der Waals surface area contributed by atoms with Gasteiger partial charge in [0, 0.05) is 17.7 Å². The van der Waals surface area contributed by atoms with Gasteiger partial charge in [-0.2, -0.15) is 5.10 Å². The molecule has 0 saturated heterocycles. The molecule has 3 rings (SSSR count). The summed E-state index contributed by atoms with van der Waals surface area (Å²) in [6.45, 7) is 2.16. The van der Waals surface area contributed by atoms with Crippen LogP contribution in [0.1, 0.15) is 30.5 Å². The minimum Gasteiger partial charge on any atom is -0.466 e. The van der Waals surface area contributed by atoms with Crippen molar-refractivity contribution < 1.29 is 13.9 Å². The fraction of sp³-hybridized carbons (Fsp3) is 0.538. The van der Waals surface area contributed by atoms with Crippen molar-refractivity contribution in [3.05, 3.63) is 23.5 Å². The second-order valence-corrected chi connectivity index (χ2v) is 4.81. The lowest BCUT2D eigenvalue weighted by atomic mass is 9.85. The van der Waals surface area contributed by atoms with Crippen LogP contribution in [0.15, 0.2) is 12.3 Å². The number of rotatable bonds is 3. The zero-order chi connectivity index (χ0) is 12.7. The number of hydrogen-bond donors (Lipinski definition) is 1. The SMILES string of the molecule is CCOC(=O)C1CC1C1c2c[nH]nc2C=CC1F. The summed E-state index contributed by atoms with van der Waals surface area (Å²) in [5.74, 6) is -0.574. The minimum absolute atomic E-state index is 0.0420. The Kier molecular flexibility index (Phi) is 2.69. The lowest BCUT2D eigenvalue weighted by molar-refractivity contribution is -0.145. The van der Waals surface area contributed by atoms with E-state index in [0.29, 0.717) is 13.0 Å². The van der Waals surface area contributed by atoms with Gasteiger partial charge in [-0.15, -0.1) is 0 Å². The van der Waals surface area contributed by atoms with Crippen LogP contribution in [0.3, 0.4) is 0 Å². The predicted molar refractivity (Wildman–Crippen MR) is 63.5 cm³/mol. The second kappa shape index (κ2) is 4.23. The summed E-state index contributed by atoms with van der Waals surface area (Å²) in [6, 6.07) is 0. The van der Waals surface area contributed by atoms with E-state index in [1.807, 2.05) is 0 Å². The number of ether oxygens (including phenoxy) is 1. The molecule has 5 heteroatoms. The molecule has 1 aromatic rings. The Labute approximate surface area is 104 Å². The molecule has 1 fully saturated rings. The highest BCUT2D eigenvalue weighted by Gasteiger charge is 2.52. The minimum atomic E-state index is -1.04. The third kappa shape index (κ3) is 1.74. The highest BCUT2D eigenvalue weighted by Crippen LogP contribution is 2.53. The molecule has 0 aliphatic heterocycles. The van der Waals surface area contributed by atoms with Crippen LogP contribution >= 0.6 is 0 Å². The lowest BCUT2D eigenvalue weighted by Gasteiger charge is -2.21. The van der Waals surface area contributed by atoms with Gasteiger partial charge in [-0.3, -0.25) is 9.89 Å². The molecule has 0 amide bonds. The first-order chi connectivity index (χ1) is 8.72. The number of fused-ring (bicyclic) bond motifs is 1. The summed E-state index contributed by atoms with van der Waals surface area (Å²) < 4.78 is 19.0. The fourth-order valence-electron chi connectivity index (χ4n) is 2.78. The van der Waals surface area contributed by atoms with Crippen molar-refractivity contribution in [1.29, 1.82) is 0 Å². The van der Waals surface area contributed by atoms with Gasteiger partial charge in [-0.25, -0.2) is 4.39 Å². The Balaban J connectivity index is 1.78. The molecule has 1 heterocycles. The van der Waals surface area contributed by atoms with Crippen molar-refractivity contribution in [3.8, 4) is 0 Å². The predicted octanol–water partition coefficient (Wildman–Crippen LogP) is 2.06. The van der Waals surface area contributed by atoms with Crippen LogP contribution in [0.5, 0.6) is 0 Å². The number of H-pyrrole nitrogens is 1. The Morgan fingerprint density at radius 2 is 2.50 bits per heavy atom. The van der Waals surface area contributed by atoms with Crippen molar-refractivity contribution >= 4 is 12.0 Å². The number of carbonyl (C=O) groups excluding carboxylic acids is 1. The summed E-state index contributed by atoms with van der Waals surface area (Å²) in [7, 11) is 0. The number of nitrogens with one attached hydrogen (secondary N) is 1. The van der Waals surface area contributed by atoms with Gasteiger partial charge in [0.25, 0.3) is 0 Å². The maximum atomic E-state index is 14.0. The summed E-state index contributed by atoms with van der Waals surface area (Å²) >= 11 is 0. The lowest BCUT2D eigenvalue weighted by Crippen LogP contribution is -2.20. The maximum Gasteiger partial charge on any atom is 0.309 e. The van der Waals surface area contributed by atoms with Crippen LogP contribution in [0, 0.1) is 11.8 Å². The van der Waals surface area contributed by atoms with Gasteiger partial charge in [0.2, 0.25) is 0 Å². The molecule has 2 aliphatic rings. The molecule has 4 atom stereocenters. The molecule has 1 aromatic heterocycles. The molecule has 1 N–H and O–H groups in total. The molecule has 4 unspecified atom stereocenters. The van der Waals surface area contributed by atoms with Crippen LogP contribution in [0.2, 0.25) is 0 Å². The monoisotopic (exact) mass is 250 g/mol. The maximum absolute atomic E-state index is 14.0. The van der Waals surface area contributed by atoms with Crippen molar-refractivity contribution in [3.63, 3.8) is 0 Å². The molecule has 18 heavy (non-hydrogen) atoms. The molecule has 0 spiro atoms. The third-order valence-electron chi connectivity index (χ3n) is 3.73. The van der Waals surface area contributed by atoms with Crippen LogP contribution in [-0.4, -0.2) is 28.9 Å². The van der Waals surface area contributed by atoms with Crippen molar-refractivity contribution in [2.75, 3.05) is 6.61 Å². The molecular weight excluding hydrogens is 235 g/mol. The molecular formula is C13H15FN2O2. The summed E-state index contributed by atoms with van der Waals surface area (Å²) in [5, 5.41) is 6.82. The number of esters is 1. The number of carbonyl (C=O) groups is 1. The molecule has 96 valence electrons. The van der Waals surface area contributed by atoms with Gasteiger partial charge in [-0.05, 0) is 31.4 Å². The molecule has 0 aromatic carbocycles. The largest absolute Gasteiger partial charge is 0.466 e. The van der Waals surface area contributed by atoms with E-state index in [4.69, 9.17) is 4.74 Å². The van der Waals surface area contributed by atoms with E-state index in [1.165, 1.54) is 6.08 Å². The smallest absolute Gasteiger partial charge is 0.309 e. The Morgan fingerprint density at radius 1 is 1.67 bits per heavy atom. The number of allylic oxidation sites excluding steroid dienone is 1. The third-order valence-corrected chi connectivity index (χ3v) is 3.73. The Bertz CT molecular complexity index is 497. The normalized spacial score (nSPS) is 33.0. The van der Waals surface area contributed by atoms with E-state index in [0.717, 1.165) is 11.3 Å². The van der Waals surface area contributed by atoms with Gasteiger partial charge in [-0.1, -0.05) is 0 Å². The van der Waals surface area contributed by atoms with Crippen LogP contribution < -0.4 is 0 Å². The quantitative estimate of drug-likeness (QED) is 0.835. The molecule has 2 aliphatic carbocycles. The van der Waals surface area contributed by atoms with Crippen molar-refractivity contribution in [1.82, 2.24) is 10.2 Å². The molecule has 0 bridgehead atoms. The number of aromatic amines is 1. The average molecular weight is 250 g/mol. The first kappa shape index (κ1) is 11.4. The van der Waals surface area contributed by atoms with Gasteiger partial charge in [0.1, 0.15) is 6.17 Å². The highest BCUT2D eigenvalue weighted by molar-refractivity contribution is 5.76. The number of alkyl halides is 1. The molecule has 1 saturated carbocycles. The molecule has 4 nitrogen and oxygen atoms in total. The van der Waals surface area contributed by atoms with Gasteiger partial charge in [0.15, 0.2) is 0 Å². The van der Waals surface area contributed by atoms with Gasteiger partial charge >= 0.3 is 5.97 Å². The summed E-state index contributed by atoms with van der Waals surface area (Å²) in [5.41, 5.74) is 1.66. The van der Waals surface area contributed by atoms with Gasteiger partial charge in [0.05, 0.1) is 18.2 Å².